The largest absolute Gasteiger partial charge is 0.451 e. The Bertz CT molecular complexity index is 805. The molecule has 5 nitrogen and oxygen atoms in total. The number of carbonyl (C=O) groups excluding carboxylic acids is 3. The van der Waals surface area contributed by atoms with Gasteiger partial charge in [-0.1, -0.05) is 24.3 Å². The highest BCUT2D eigenvalue weighted by Crippen LogP contribution is 2.24. The molecule has 1 atom stereocenters. The number of ketones is 1. The molecule has 1 saturated carbocycles. The number of esters is 2. The highest BCUT2D eigenvalue weighted by atomic mass is 16.5. The number of hydrogen-bond donors (Lipinski definition) is 0. The average Bonchev–Trinajstić information content (AvgIpc) is 2.64. The number of ether oxygens (including phenoxy) is 2. The van der Waals surface area contributed by atoms with Crippen LogP contribution in [0.5, 0.6) is 5.75 Å². The smallest absolute Gasteiger partial charge is 0.338 e. The lowest BCUT2D eigenvalue weighted by atomic mass is 9.96. The Morgan fingerprint density at radius 2 is 1.54 bits per heavy atom. The predicted octanol–water partition coefficient (Wildman–Crippen LogP) is 3.95. The fourth-order valence-corrected chi connectivity index (χ4v) is 2.95. The van der Waals surface area contributed by atoms with Gasteiger partial charge in [-0.2, -0.15) is 0 Å². The molecule has 0 spiro atoms. The number of rotatable bonds is 4. The first-order valence-electron chi connectivity index (χ1n) is 8.65. The van der Waals surface area contributed by atoms with E-state index in [4.69, 9.17) is 9.47 Å². The Labute approximate surface area is 151 Å². The number of benzene rings is 2. The van der Waals surface area contributed by atoms with Gasteiger partial charge < -0.3 is 9.47 Å². The molecule has 5 heteroatoms. The minimum Gasteiger partial charge on any atom is -0.451 e. The maximum atomic E-state index is 12.2. The zero-order chi connectivity index (χ0) is 18.5. The second kappa shape index (κ2) is 7.95. The lowest BCUT2D eigenvalue weighted by molar-refractivity contribution is -0.132. The molecule has 134 valence electrons. The summed E-state index contributed by atoms with van der Waals surface area (Å²) < 4.78 is 10.4. The minimum atomic E-state index is -0.607. The van der Waals surface area contributed by atoms with Crippen LogP contribution in [0, 0.1) is 0 Å². The molecule has 0 bridgehead atoms. The highest BCUT2D eigenvalue weighted by molar-refractivity contribution is 5.93. The van der Waals surface area contributed by atoms with Crippen molar-refractivity contribution in [3.8, 4) is 16.9 Å². The van der Waals surface area contributed by atoms with Gasteiger partial charge in [0, 0.05) is 13.3 Å². The van der Waals surface area contributed by atoms with E-state index in [1.54, 1.807) is 24.3 Å². The highest BCUT2D eigenvalue weighted by Gasteiger charge is 2.26. The average molecular weight is 352 g/mol. The summed E-state index contributed by atoms with van der Waals surface area (Å²) in [5.41, 5.74) is 2.27. The van der Waals surface area contributed by atoms with Gasteiger partial charge in [-0.25, -0.2) is 4.79 Å². The van der Waals surface area contributed by atoms with Crippen LogP contribution in [0.3, 0.4) is 0 Å². The van der Waals surface area contributed by atoms with Gasteiger partial charge in [0.2, 0.25) is 0 Å². The number of carbonyl (C=O) groups is 3. The van der Waals surface area contributed by atoms with Crippen molar-refractivity contribution in [2.24, 2.45) is 0 Å². The van der Waals surface area contributed by atoms with Crippen molar-refractivity contribution in [1.82, 2.24) is 0 Å². The SMILES string of the molecule is CC(=O)Oc1ccc(-c2ccc(C(=O)O[C@@H]3CCCCC3=O)cc2)cc1. The van der Waals surface area contributed by atoms with Gasteiger partial charge in [-0.05, 0) is 54.7 Å². The standard InChI is InChI=1S/C21H20O5/c1-14(22)25-18-12-10-16(11-13-18)15-6-8-17(9-7-15)21(24)26-20-5-3-2-4-19(20)23/h6-13,20H,2-5H2,1H3/t20-/m1/s1. The van der Waals surface area contributed by atoms with E-state index in [1.807, 2.05) is 24.3 Å². The monoisotopic (exact) mass is 352 g/mol. The van der Waals surface area contributed by atoms with E-state index < -0.39 is 12.1 Å². The quantitative estimate of drug-likeness (QED) is 0.615. The van der Waals surface area contributed by atoms with Crippen LogP contribution < -0.4 is 4.74 Å². The molecule has 0 heterocycles. The van der Waals surface area contributed by atoms with Crippen LogP contribution in [0.25, 0.3) is 11.1 Å². The van der Waals surface area contributed by atoms with Gasteiger partial charge in [0.1, 0.15) is 5.75 Å². The van der Waals surface area contributed by atoms with E-state index in [9.17, 15) is 14.4 Å². The number of Topliss-reactive ketones (excluding diaryl/α,β-unsaturated/α-hetero) is 1. The van der Waals surface area contributed by atoms with Crippen LogP contribution in [-0.2, 0) is 14.3 Å². The summed E-state index contributed by atoms with van der Waals surface area (Å²) in [7, 11) is 0. The molecule has 1 aliphatic carbocycles. The van der Waals surface area contributed by atoms with Crippen molar-refractivity contribution >= 4 is 17.7 Å². The van der Waals surface area contributed by atoms with E-state index in [-0.39, 0.29) is 11.8 Å². The number of hydrogen-bond acceptors (Lipinski definition) is 5. The fourth-order valence-electron chi connectivity index (χ4n) is 2.95. The molecule has 26 heavy (non-hydrogen) atoms. The molecule has 0 N–H and O–H groups in total. The molecule has 0 aliphatic heterocycles. The Morgan fingerprint density at radius 1 is 0.923 bits per heavy atom. The van der Waals surface area contributed by atoms with E-state index in [2.05, 4.69) is 0 Å². The van der Waals surface area contributed by atoms with Crippen molar-refractivity contribution in [3.63, 3.8) is 0 Å². The molecule has 0 unspecified atom stereocenters. The third-order valence-electron chi connectivity index (χ3n) is 4.32. The van der Waals surface area contributed by atoms with Crippen LogP contribution in [0.2, 0.25) is 0 Å². The van der Waals surface area contributed by atoms with Crippen molar-refractivity contribution in [3.05, 3.63) is 54.1 Å². The first kappa shape index (κ1) is 17.9. The maximum Gasteiger partial charge on any atom is 0.338 e. The van der Waals surface area contributed by atoms with Crippen LogP contribution in [0.15, 0.2) is 48.5 Å². The molecule has 1 fully saturated rings. The molecule has 0 saturated heterocycles. The molecule has 3 rings (SSSR count). The van der Waals surface area contributed by atoms with E-state index in [0.29, 0.717) is 24.2 Å². The second-order valence-corrected chi connectivity index (χ2v) is 6.30. The van der Waals surface area contributed by atoms with Crippen molar-refractivity contribution in [2.75, 3.05) is 0 Å². The molecule has 2 aromatic carbocycles. The van der Waals surface area contributed by atoms with Crippen LogP contribution >= 0.6 is 0 Å². The fraction of sp³-hybridized carbons (Fsp3) is 0.286. The Kier molecular flexibility index (Phi) is 5.46. The van der Waals surface area contributed by atoms with Crippen molar-refractivity contribution in [2.45, 2.75) is 38.7 Å². The van der Waals surface area contributed by atoms with E-state index in [0.717, 1.165) is 24.0 Å². The van der Waals surface area contributed by atoms with Gasteiger partial charge in [0.15, 0.2) is 11.9 Å². The zero-order valence-electron chi connectivity index (χ0n) is 14.6. The lowest BCUT2D eigenvalue weighted by Gasteiger charge is -2.20. The van der Waals surface area contributed by atoms with Gasteiger partial charge in [0.25, 0.3) is 0 Å². The summed E-state index contributed by atoms with van der Waals surface area (Å²) in [6.45, 7) is 1.35. The summed E-state index contributed by atoms with van der Waals surface area (Å²) in [5, 5.41) is 0. The van der Waals surface area contributed by atoms with Crippen molar-refractivity contribution < 1.29 is 23.9 Å². The van der Waals surface area contributed by atoms with Gasteiger partial charge in [-0.3, -0.25) is 9.59 Å². The van der Waals surface area contributed by atoms with Crippen molar-refractivity contribution in [1.29, 1.82) is 0 Å². The van der Waals surface area contributed by atoms with E-state index in [1.165, 1.54) is 6.92 Å². The van der Waals surface area contributed by atoms with Gasteiger partial charge in [0.05, 0.1) is 5.56 Å². The normalized spacial score (nSPS) is 16.8. The minimum absolute atomic E-state index is 0.00842. The molecular weight excluding hydrogens is 332 g/mol. The maximum absolute atomic E-state index is 12.2. The summed E-state index contributed by atoms with van der Waals surface area (Å²) in [6.07, 6.45) is 2.27. The summed E-state index contributed by atoms with van der Waals surface area (Å²) in [6, 6.07) is 14.1. The third kappa shape index (κ3) is 4.36. The molecule has 2 aromatic rings. The molecule has 0 amide bonds. The third-order valence-corrected chi connectivity index (χ3v) is 4.32. The molecule has 0 aromatic heterocycles. The van der Waals surface area contributed by atoms with E-state index >= 15 is 0 Å². The first-order valence-corrected chi connectivity index (χ1v) is 8.65. The molecule has 1 aliphatic rings. The molecular formula is C21H20O5. The zero-order valence-corrected chi connectivity index (χ0v) is 14.6. The lowest BCUT2D eigenvalue weighted by Crippen LogP contribution is -2.30. The Hall–Kier alpha value is -2.95. The van der Waals surface area contributed by atoms with Crippen LogP contribution in [-0.4, -0.2) is 23.8 Å². The van der Waals surface area contributed by atoms with Crippen LogP contribution in [0.4, 0.5) is 0 Å². The topological polar surface area (TPSA) is 69.7 Å². The van der Waals surface area contributed by atoms with Gasteiger partial charge in [-0.15, -0.1) is 0 Å². The van der Waals surface area contributed by atoms with Crippen LogP contribution in [0.1, 0.15) is 43.0 Å². The Balaban J connectivity index is 1.66. The predicted molar refractivity (Wildman–Crippen MR) is 95.9 cm³/mol. The second-order valence-electron chi connectivity index (χ2n) is 6.30. The Morgan fingerprint density at radius 3 is 2.12 bits per heavy atom. The van der Waals surface area contributed by atoms with Gasteiger partial charge >= 0.3 is 11.9 Å². The summed E-state index contributed by atoms with van der Waals surface area (Å²) in [4.78, 5) is 35.0. The summed E-state index contributed by atoms with van der Waals surface area (Å²) in [5.74, 6) is -0.341. The summed E-state index contributed by atoms with van der Waals surface area (Å²) >= 11 is 0. The molecule has 0 radical (unpaired) electrons. The first-order chi connectivity index (χ1) is 12.5.